The van der Waals surface area contributed by atoms with Gasteiger partial charge in [-0.3, -0.25) is 4.79 Å². The molecule has 2 aromatic carbocycles. The summed E-state index contributed by atoms with van der Waals surface area (Å²) in [7, 11) is 0. The van der Waals surface area contributed by atoms with Crippen LogP contribution in [-0.4, -0.2) is 26.1 Å². The molecule has 1 amide bonds. The predicted molar refractivity (Wildman–Crippen MR) is 100.0 cm³/mol. The lowest BCUT2D eigenvalue weighted by atomic mass is 9.97. The van der Waals surface area contributed by atoms with Crippen molar-refractivity contribution < 1.29 is 9.18 Å². The fraction of sp³-hybridized carbons (Fsp3) is 0.300. The fourth-order valence-corrected chi connectivity index (χ4v) is 2.83. The maximum Gasteiger partial charge on any atom is 0.244 e. The van der Waals surface area contributed by atoms with E-state index in [-0.39, 0.29) is 24.3 Å². The molecule has 3 rings (SSSR count). The molecule has 0 aliphatic carbocycles. The van der Waals surface area contributed by atoms with Gasteiger partial charge in [0.25, 0.3) is 0 Å². The SMILES string of the molecule is CC(C)C[C@H](NC(=O)Cn1nnc(-c2ccc(F)cc2)n1)c1ccccc1. The van der Waals surface area contributed by atoms with Crippen molar-refractivity contribution in [2.75, 3.05) is 0 Å². The third kappa shape index (κ3) is 5.20. The van der Waals surface area contributed by atoms with E-state index in [1.54, 1.807) is 12.1 Å². The minimum atomic E-state index is -0.331. The quantitative estimate of drug-likeness (QED) is 0.695. The third-order valence-electron chi connectivity index (χ3n) is 4.08. The van der Waals surface area contributed by atoms with Crippen molar-refractivity contribution in [1.29, 1.82) is 0 Å². The standard InChI is InChI=1S/C20H22FN5O/c1-14(2)12-18(15-6-4-3-5-7-15)22-19(27)13-26-24-20(23-25-26)16-8-10-17(21)11-9-16/h3-11,14,18H,12-13H2,1-2H3,(H,22,27)/t18-/m0/s1. The molecule has 0 bridgehead atoms. The molecule has 0 unspecified atom stereocenters. The molecule has 27 heavy (non-hydrogen) atoms. The molecular formula is C20H22FN5O. The zero-order chi connectivity index (χ0) is 19.2. The second kappa shape index (κ2) is 8.53. The van der Waals surface area contributed by atoms with E-state index in [0.717, 1.165) is 12.0 Å². The van der Waals surface area contributed by atoms with Crippen LogP contribution in [0.15, 0.2) is 54.6 Å². The lowest BCUT2D eigenvalue weighted by Gasteiger charge is -2.21. The molecule has 7 heteroatoms. The first-order valence-electron chi connectivity index (χ1n) is 8.89. The van der Waals surface area contributed by atoms with E-state index in [1.807, 2.05) is 30.3 Å². The molecule has 3 aromatic rings. The molecule has 0 spiro atoms. The highest BCUT2D eigenvalue weighted by Crippen LogP contribution is 2.21. The Morgan fingerprint density at radius 1 is 1.11 bits per heavy atom. The first-order valence-corrected chi connectivity index (χ1v) is 8.89. The number of benzene rings is 2. The summed E-state index contributed by atoms with van der Waals surface area (Å²) in [6.07, 6.45) is 0.835. The molecule has 1 aromatic heterocycles. The molecule has 1 N–H and O–H groups in total. The minimum Gasteiger partial charge on any atom is -0.348 e. The maximum atomic E-state index is 13.0. The Morgan fingerprint density at radius 3 is 2.48 bits per heavy atom. The highest BCUT2D eigenvalue weighted by molar-refractivity contribution is 5.76. The lowest BCUT2D eigenvalue weighted by Crippen LogP contribution is -2.33. The molecule has 0 saturated carbocycles. The van der Waals surface area contributed by atoms with Gasteiger partial charge in [0.15, 0.2) is 0 Å². The van der Waals surface area contributed by atoms with Gasteiger partial charge in [0.05, 0.1) is 6.04 Å². The van der Waals surface area contributed by atoms with Gasteiger partial charge in [0.2, 0.25) is 11.7 Å². The number of rotatable bonds is 7. The van der Waals surface area contributed by atoms with Crippen LogP contribution in [0.2, 0.25) is 0 Å². The Balaban J connectivity index is 1.66. The van der Waals surface area contributed by atoms with Gasteiger partial charge in [0, 0.05) is 5.56 Å². The predicted octanol–water partition coefficient (Wildman–Crippen LogP) is 3.38. The number of amides is 1. The average molecular weight is 367 g/mol. The van der Waals surface area contributed by atoms with Gasteiger partial charge >= 0.3 is 0 Å². The Bertz CT molecular complexity index is 877. The summed E-state index contributed by atoms with van der Waals surface area (Å²) in [5.41, 5.74) is 1.71. The minimum absolute atomic E-state index is 0.0321. The molecule has 140 valence electrons. The number of aromatic nitrogens is 4. The van der Waals surface area contributed by atoms with E-state index < -0.39 is 0 Å². The van der Waals surface area contributed by atoms with Crippen molar-refractivity contribution in [1.82, 2.24) is 25.5 Å². The van der Waals surface area contributed by atoms with Crippen LogP contribution in [-0.2, 0) is 11.3 Å². The Hall–Kier alpha value is -3.09. The molecule has 1 atom stereocenters. The zero-order valence-corrected chi connectivity index (χ0v) is 15.3. The van der Waals surface area contributed by atoms with Crippen molar-refractivity contribution in [2.24, 2.45) is 5.92 Å². The third-order valence-corrected chi connectivity index (χ3v) is 4.08. The van der Waals surface area contributed by atoms with E-state index in [9.17, 15) is 9.18 Å². The van der Waals surface area contributed by atoms with Crippen LogP contribution in [0.25, 0.3) is 11.4 Å². The molecule has 0 fully saturated rings. The molecule has 6 nitrogen and oxygen atoms in total. The van der Waals surface area contributed by atoms with E-state index >= 15 is 0 Å². The van der Waals surface area contributed by atoms with Gasteiger partial charge in [-0.15, -0.1) is 10.2 Å². The number of halogens is 1. The number of carbonyl (C=O) groups is 1. The van der Waals surface area contributed by atoms with Gasteiger partial charge in [-0.25, -0.2) is 4.39 Å². The van der Waals surface area contributed by atoms with Crippen LogP contribution in [0.5, 0.6) is 0 Å². The van der Waals surface area contributed by atoms with Crippen LogP contribution in [0.4, 0.5) is 4.39 Å². The van der Waals surface area contributed by atoms with Crippen LogP contribution < -0.4 is 5.32 Å². The number of tetrazole rings is 1. The topological polar surface area (TPSA) is 72.7 Å². The average Bonchev–Trinajstić information content (AvgIpc) is 3.10. The second-order valence-corrected chi connectivity index (χ2v) is 6.81. The van der Waals surface area contributed by atoms with Gasteiger partial charge < -0.3 is 5.32 Å². The molecule has 0 saturated heterocycles. The normalized spacial score (nSPS) is 12.1. The summed E-state index contributed by atoms with van der Waals surface area (Å²) in [4.78, 5) is 13.7. The van der Waals surface area contributed by atoms with Crippen LogP contribution in [0, 0.1) is 11.7 Å². The number of hydrogen-bond donors (Lipinski definition) is 1. The van der Waals surface area contributed by atoms with Gasteiger partial charge in [-0.1, -0.05) is 44.2 Å². The van der Waals surface area contributed by atoms with Crippen molar-refractivity contribution in [2.45, 2.75) is 32.9 Å². The second-order valence-electron chi connectivity index (χ2n) is 6.81. The van der Waals surface area contributed by atoms with Crippen LogP contribution >= 0.6 is 0 Å². The summed E-state index contributed by atoms with van der Waals surface area (Å²) < 4.78 is 13.0. The summed E-state index contributed by atoms with van der Waals surface area (Å²) in [6, 6.07) is 15.6. The number of nitrogens with zero attached hydrogens (tertiary/aromatic N) is 4. The van der Waals surface area contributed by atoms with Crippen molar-refractivity contribution in [3.63, 3.8) is 0 Å². The highest BCUT2D eigenvalue weighted by atomic mass is 19.1. The van der Waals surface area contributed by atoms with Gasteiger partial charge in [-0.05, 0) is 47.4 Å². The number of nitrogens with one attached hydrogen (secondary N) is 1. The van der Waals surface area contributed by atoms with Crippen molar-refractivity contribution >= 4 is 5.91 Å². The van der Waals surface area contributed by atoms with E-state index in [0.29, 0.717) is 17.3 Å². The molecule has 1 heterocycles. The summed E-state index contributed by atoms with van der Waals surface area (Å²) in [6.45, 7) is 4.21. The Labute approximate surface area is 157 Å². The zero-order valence-electron chi connectivity index (χ0n) is 15.3. The van der Waals surface area contributed by atoms with Gasteiger partial charge in [0.1, 0.15) is 12.4 Å². The summed E-state index contributed by atoms with van der Waals surface area (Å²) >= 11 is 0. The first kappa shape index (κ1) is 18.7. The maximum absolute atomic E-state index is 13.0. The van der Waals surface area contributed by atoms with Crippen molar-refractivity contribution in [3.8, 4) is 11.4 Å². The molecular weight excluding hydrogens is 345 g/mol. The Kier molecular flexibility index (Phi) is 5.90. The first-order chi connectivity index (χ1) is 13.0. The van der Waals surface area contributed by atoms with E-state index in [4.69, 9.17) is 0 Å². The largest absolute Gasteiger partial charge is 0.348 e. The highest BCUT2D eigenvalue weighted by Gasteiger charge is 2.17. The van der Waals surface area contributed by atoms with Crippen LogP contribution in [0.1, 0.15) is 31.9 Å². The molecule has 0 aliphatic rings. The number of carbonyl (C=O) groups excluding carboxylic acids is 1. The Morgan fingerprint density at radius 2 is 1.81 bits per heavy atom. The molecule has 0 radical (unpaired) electrons. The monoisotopic (exact) mass is 367 g/mol. The smallest absolute Gasteiger partial charge is 0.244 e. The van der Waals surface area contributed by atoms with E-state index in [1.165, 1.54) is 16.9 Å². The summed E-state index contributed by atoms with van der Waals surface area (Å²) in [5, 5.41) is 15.1. The summed E-state index contributed by atoms with van der Waals surface area (Å²) in [5.74, 6) is 0.268. The van der Waals surface area contributed by atoms with Crippen LogP contribution in [0.3, 0.4) is 0 Å². The number of hydrogen-bond acceptors (Lipinski definition) is 4. The lowest BCUT2D eigenvalue weighted by molar-refractivity contribution is -0.123. The van der Waals surface area contributed by atoms with E-state index in [2.05, 4.69) is 34.6 Å². The fourth-order valence-electron chi connectivity index (χ4n) is 2.83. The van der Waals surface area contributed by atoms with Crippen molar-refractivity contribution in [3.05, 3.63) is 66.0 Å². The molecule has 0 aliphatic heterocycles. The van der Waals surface area contributed by atoms with Gasteiger partial charge in [-0.2, -0.15) is 4.80 Å².